The zero-order chi connectivity index (χ0) is 23.2. The van der Waals surface area contributed by atoms with Gasteiger partial charge >= 0.3 is 0 Å². The molecule has 0 saturated carbocycles. The molecule has 2 atom stereocenters. The second-order valence-corrected chi connectivity index (χ2v) is 8.24. The van der Waals surface area contributed by atoms with Crippen molar-refractivity contribution >= 4 is 29.2 Å². The summed E-state index contributed by atoms with van der Waals surface area (Å²) in [5.41, 5.74) is 2.45. The minimum absolute atomic E-state index is 0.0787. The molecule has 172 valence electrons. The lowest BCUT2D eigenvalue weighted by atomic mass is 10.0. The van der Waals surface area contributed by atoms with Gasteiger partial charge < -0.3 is 14.7 Å². The number of aromatic nitrogens is 1. The van der Waals surface area contributed by atoms with E-state index >= 15 is 0 Å². The van der Waals surface area contributed by atoms with Crippen molar-refractivity contribution in [3.63, 3.8) is 0 Å². The normalized spacial score (nSPS) is 17.1. The van der Waals surface area contributed by atoms with Crippen LogP contribution in [0.5, 0.6) is 5.75 Å². The van der Waals surface area contributed by atoms with E-state index in [4.69, 9.17) is 4.74 Å². The summed E-state index contributed by atoms with van der Waals surface area (Å²) in [5, 5.41) is 10.8. The number of likely N-dealkylation sites (N-methyl/N-ethyl adjacent to an activating group) is 1. The number of hydrogen-bond donors (Lipinski definition) is 1. The van der Waals surface area contributed by atoms with Crippen molar-refractivity contribution in [3.05, 3.63) is 66.4 Å². The van der Waals surface area contributed by atoms with E-state index in [-0.39, 0.29) is 24.7 Å². The van der Waals surface area contributed by atoms with E-state index < -0.39 is 0 Å². The molecular formula is C26H30N4O3. The summed E-state index contributed by atoms with van der Waals surface area (Å²) < 4.78 is 5.99. The highest BCUT2D eigenvalue weighted by molar-refractivity contribution is 5.94. The number of carbonyl (C=O) groups excluding carboxylic acids is 1. The molecule has 7 nitrogen and oxygen atoms in total. The van der Waals surface area contributed by atoms with Crippen LogP contribution in [0.15, 0.2) is 65.8 Å². The van der Waals surface area contributed by atoms with Gasteiger partial charge in [0.1, 0.15) is 5.75 Å². The van der Waals surface area contributed by atoms with Gasteiger partial charge in [-0.05, 0) is 49.9 Å². The molecule has 0 aliphatic carbocycles. The zero-order valence-corrected chi connectivity index (χ0v) is 18.9. The van der Waals surface area contributed by atoms with E-state index in [1.807, 2.05) is 54.3 Å². The summed E-state index contributed by atoms with van der Waals surface area (Å²) in [6.07, 6.45) is 2.16. The van der Waals surface area contributed by atoms with Gasteiger partial charge in [0.05, 0.1) is 23.3 Å². The number of pyridine rings is 1. The second kappa shape index (κ2) is 10.6. The largest absolute Gasteiger partial charge is 0.483 e. The maximum atomic E-state index is 13.3. The molecule has 4 rings (SSSR count). The molecule has 0 bridgehead atoms. The van der Waals surface area contributed by atoms with E-state index in [9.17, 15) is 9.90 Å². The maximum Gasteiger partial charge on any atom is 0.261 e. The van der Waals surface area contributed by atoms with Gasteiger partial charge in [-0.2, -0.15) is 0 Å². The van der Waals surface area contributed by atoms with E-state index in [1.165, 1.54) is 0 Å². The third-order valence-electron chi connectivity index (χ3n) is 6.13. The van der Waals surface area contributed by atoms with E-state index in [0.717, 1.165) is 23.9 Å². The predicted molar refractivity (Wildman–Crippen MR) is 130 cm³/mol. The Morgan fingerprint density at radius 3 is 2.79 bits per heavy atom. The molecule has 1 aliphatic rings. The third kappa shape index (κ3) is 5.21. The van der Waals surface area contributed by atoms with Crippen LogP contribution in [-0.2, 0) is 4.79 Å². The minimum atomic E-state index is -0.301. The average molecular weight is 447 g/mol. The first-order valence-electron chi connectivity index (χ1n) is 11.3. The second-order valence-electron chi connectivity index (χ2n) is 8.24. The van der Waals surface area contributed by atoms with Crippen LogP contribution in [0.4, 0.5) is 5.69 Å². The number of aliphatic hydroxyl groups excluding tert-OH is 1. The van der Waals surface area contributed by atoms with Crippen LogP contribution < -0.4 is 4.74 Å². The summed E-state index contributed by atoms with van der Waals surface area (Å²) >= 11 is 0. The molecule has 33 heavy (non-hydrogen) atoms. The average Bonchev–Trinajstić information content (AvgIpc) is 3.27. The number of hydrogen-bond acceptors (Lipinski definition) is 6. The lowest BCUT2D eigenvalue weighted by Crippen LogP contribution is -2.43. The topological polar surface area (TPSA) is 78.3 Å². The number of benzene rings is 2. The SMILES string of the molecule is C=Nc1ccc(OCC(=O)N(CC)C(CN2CC[C@H](O)C2)c2ccccc2)c2cccnc12. The van der Waals surface area contributed by atoms with Gasteiger partial charge in [-0.25, -0.2) is 0 Å². The molecule has 1 unspecified atom stereocenters. The highest BCUT2D eigenvalue weighted by atomic mass is 16.5. The number of β-amino-alcohol motifs (C(OH)–C–C–N with tert-alkyl or cyclic N) is 1. The summed E-state index contributed by atoms with van der Waals surface area (Å²) in [7, 11) is 0. The van der Waals surface area contributed by atoms with Gasteiger partial charge in [0.25, 0.3) is 5.91 Å². The number of amides is 1. The van der Waals surface area contributed by atoms with Gasteiger partial charge in [0.15, 0.2) is 6.61 Å². The Morgan fingerprint density at radius 2 is 2.09 bits per heavy atom. The number of likely N-dealkylation sites (tertiary alicyclic amines) is 1. The van der Waals surface area contributed by atoms with Crippen molar-refractivity contribution < 1.29 is 14.6 Å². The summed E-state index contributed by atoms with van der Waals surface area (Å²) in [4.78, 5) is 25.8. The van der Waals surface area contributed by atoms with Gasteiger partial charge in [-0.1, -0.05) is 30.3 Å². The van der Waals surface area contributed by atoms with Gasteiger partial charge in [-0.15, -0.1) is 0 Å². The van der Waals surface area contributed by atoms with Crippen molar-refractivity contribution in [2.45, 2.75) is 25.5 Å². The third-order valence-corrected chi connectivity index (χ3v) is 6.13. The lowest BCUT2D eigenvalue weighted by molar-refractivity contribution is -0.136. The standard InChI is InChI=1S/C26H30N4O3/c1-3-30(23(19-8-5-4-6-9-19)17-29-15-13-20(31)16-29)25(32)18-33-24-12-11-22(27-2)26-21(24)10-7-14-28-26/h4-12,14,20,23,31H,2-3,13,15-18H2,1H3/t20-,23?/m0/s1. The Balaban J connectivity index is 1.53. The van der Waals surface area contributed by atoms with Crippen LogP contribution >= 0.6 is 0 Å². The van der Waals surface area contributed by atoms with Crippen molar-refractivity contribution in [2.75, 3.05) is 32.8 Å². The smallest absolute Gasteiger partial charge is 0.261 e. The molecule has 0 radical (unpaired) electrons. The van der Waals surface area contributed by atoms with E-state index in [0.29, 0.717) is 36.6 Å². The first-order valence-corrected chi connectivity index (χ1v) is 11.3. The Kier molecular flexibility index (Phi) is 7.32. The van der Waals surface area contributed by atoms with E-state index in [1.54, 1.807) is 18.3 Å². The Morgan fingerprint density at radius 1 is 1.27 bits per heavy atom. The minimum Gasteiger partial charge on any atom is -0.483 e. The predicted octanol–water partition coefficient (Wildman–Crippen LogP) is 3.60. The monoisotopic (exact) mass is 446 g/mol. The summed E-state index contributed by atoms with van der Waals surface area (Å²) in [6, 6.07) is 17.3. The number of carbonyl (C=O) groups is 1. The molecular weight excluding hydrogens is 416 g/mol. The summed E-state index contributed by atoms with van der Waals surface area (Å²) in [5.74, 6) is 0.503. The number of fused-ring (bicyclic) bond motifs is 1. The van der Waals surface area contributed by atoms with Crippen LogP contribution in [0.2, 0.25) is 0 Å². The van der Waals surface area contributed by atoms with Crippen LogP contribution in [0.1, 0.15) is 24.9 Å². The maximum absolute atomic E-state index is 13.3. The number of nitrogens with zero attached hydrogens (tertiary/aromatic N) is 4. The quantitative estimate of drug-likeness (QED) is 0.508. The Labute approximate surface area is 194 Å². The molecule has 2 heterocycles. The summed E-state index contributed by atoms with van der Waals surface area (Å²) in [6.45, 7) is 8.20. The Bertz CT molecular complexity index is 1110. The van der Waals surface area contributed by atoms with Gasteiger partial charge in [0.2, 0.25) is 0 Å². The van der Waals surface area contributed by atoms with Gasteiger partial charge in [0, 0.05) is 37.8 Å². The van der Waals surface area contributed by atoms with Crippen molar-refractivity contribution in [2.24, 2.45) is 4.99 Å². The first-order chi connectivity index (χ1) is 16.1. The van der Waals surface area contributed by atoms with Crippen LogP contribution in [0.25, 0.3) is 10.9 Å². The van der Waals surface area contributed by atoms with Crippen molar-refractivity contribution in [3.8, 4) is 5.75 Å². The number of aliphatic imine (C=N–C) groups is 1. The molecule has 1 aliphatic heterocycles. The lowest BCUT2D eigenvalue weighted by Gasteiger charge is -2.34. The molecule has 1 N–H and O–H groups in total. The fourth-order valence-corrected chi connectivity index (χ4v) is 4.46. The van der Waals surface area contributed by atoms with Crippen LogP contribution in [0, 0.1) is 0 Å². The van der Waals surface area contributed by atoms with Crippen molar-refractivity contribution in [1.82, 2.24) is 14.8 Å². The molecule has 1 fully saturated rings. The highest BCUT2D eigenvalue weighted by Crippen LogP contribution is 2.32. The molecule has 1 amide bonds. The fraction of sp³-hybridized carbons (Fsp3) is 0.346. The van der Waals surface area contributed by atoms with Crippen LogP contribution in [0.3, 0.4) is 0 Å². The molecule has 0 spiro atoms. The number of rotatable bonds is 9. The number of ether oxygens (including phenoxy) is 1. The molecule has 7 heteroatoms. The van der Waals surface area contributed by atoms with E-state index in [2.05, 4.69) is 21.6 Å². The molecule has 1 saturated heterocycles. The molecule has 3 aromatic rings. The highest BCUT2D eigenvalue weighted by Gasteiger charge is 2.29. The zero-order valence-electron chi connectivity index (χ0n) is 18.9. The first kappa shape index (κ1) is 22.9. The number of aliphatic hydroxyl groups is 1. The Hall–Kier alpha value is -3.29. The molecule has 1 aromatic heterocycles. The fourth-order valence-electron chi connectivity index (χ4n) is 4.46. The molecule has 2 aromatic carbocycles. The van der Waals surface area contributed by atoms with Crippen molar-refractivity contribution in [1.29, 1.82) is 0 Å². The van der Waals surface area contributed by atoms with Gasteiger partial charge in [-0.3, -0.25) is 19.7 Å². The van der Waals surface area contributed by atoms with Crippen LogP contribution in [-0.4, -0.2) is 71.4 Å².